The van der Waals surface area contributed by atoms with E-state index in [2.05, 4.69) is 9.97 Å². The maximum Gasteiger partial charge on any atom is 0.216 e. The number of aliphatic hydroxyl groups excluding tert-OH is 1. The van der Waals surface area contributed by atoms with E-state index < -0.39 is 12.4 Å². The SMILES string of the molecule is COc1ccnc(-c2ccc(/C=C(/F)CO)cc2)n1. The van der Waals surface area contributed by atoms with Crippen molar-refractivity contribution >= 4 is 6.08 Å². The molecule has 0 bridgehead atoms. The van der Waals surface area contributed by atoms with Gasteiger partial charge in [0, 0.05) is 17.8 Å². The van der Waals surface area contributed by atoms with E-state index >= 15 is 0 Å². The van der Waals surface area contributed by atoms with Crippen LogP contribution in [-0.2, 0) is 0 Å². The lowest BCUT2D eigenvalue weighted by molar-refractivity contribution is 0.300. The van der Waals surface area contributed by atoms with E-state index in [9.17, 15) is 4.39 Å². The highest BCUT2D eigenvalue weighted by atomic mass is 19.1. The van der Waals surface area contributed by atoms with Gasteiger partial charge in [-0.2, -0.15) is 4.98 Å². The molecule has 1 aromatic carbocycles. The van der Waals surface area contributed by atoms with Crippen LogP contribution >= 0.6 is 0 Å². The Morgan fingerprint density at radius 2 is 2.05 bits per heavy atom. The van der Waals surface area contributed by atoms with Crippen molar-refractivity contribution in [1.82, 2.24) is 9.97 Å². The minimum Gasteiger partial charge on any atom is -0.481 e. The third-order valence-corrected chi connectivity index (χ3v) is 2.48. The number of hydrogen-bond donors (Lipinski definition) is 1. The quantitative estimate of drug-likeness (QED) is 0.917. The lowest BCUT2D eigenvalue weighted by atomic mass is 10.1. The summed E-state index contributed by atoms with van der Waals surface area (Å²) in [5.74, 6) is 0.447. The molecule has 0 saturated heterocycles. The number of aromatic nitrogens is 2. The summed E-state index contributed by atoms with van der Waals surface area (Å²) in [7, 11) is 1.54. The molecule has 0 atom stereocenters. The fourth-order valence-electron chi connectivity index (χ4n) is 1.55. The summed E-state index contributed by atoms with van der Waals surface area (Å²) in [5.41, 5.74) is 1.47. The van der Waals surface area contributed by atoms with Gasteiger partial charge in [0.25, 0.3) is 0 Å². The van der Waals surface area contributed by atoms with Gasteiger partial charge >= 0.3 is 0 Å². The Morgan fingerprint density at radius 3 is 2.68 bits per heavy atom. The van der Waals surface area contributed by atoms with Crippen LogP contribution in [0.4, 0.5) is 4.39 Å². The minimum atomic E-state index is -0.596. The van der Waals surface area contributed by atoms with Crippen LogP contribution in [0.2, 0.25) is 0 Å². The van der Waals surface area contributed by atoms with Gasteiger partial charge in [-0.05, 0) is 11.6 Å². The van der Waals surface area contributed by atoms with Crippen molar-refractivity contribution in [2.75, 3.05) is 13.7 Å². The predicted molar refractivity (Wildman–Crippen MR) is 70.2 cm³/mol. The van der Waals surface area contributed by atoms with Crippen molar-refractivity contribution in [2.45, 2.75) is 0 Å². The van der Waals surface area contributed by atoms with Crippen LogP contribution in [0.3, 0.4) is 0 Å². The van der Waals surface area contributed by atoms with Gasteiger partial charge in [-0.25, -0.2) is 9.37 Å². The van der Waals surface area contributed by atoms with Crippen molar-refractivity contribution < 1.29 is 14.2 Å². The summed E-state index contributed by atoms with van der Waals surface area (Å²) in [6, 6.07) is 8.69. The van der Waals surface area contributed by atoms with Gasteiger partial charge in [-0.15, -0.1) is 0 Å². The van der Waals surface area contributed by atoms with Crippen LogP contribution in [0.25, 0.3) is 17.5 Å². The molecule has 98 valence electrons. The number of halogens is 1. The van der Waals surface area contributed by atoms with Gasteiger partial charge < -0.3 is 9.84 Å². The molecular formula is C14H13FN2O2. The topological polar surface area (TPSA) is 55.2 Å². The smallest absolute Gasteiger partial charge is 0.216 e. The van der Waals surface area contributed by atoms with E-state index in [-0.39, 0.29) is 0 Å². The maximum atomic E-state index is 12.9. The summed E-state index contributed by atoms with van der Waals surface area (Å²) in [5, 5.41) is 8.61. The van der Waals surface area contributed by atoms with E-state index in [1.54, 1.807) is 36.5 Å². The second kappa shape index (κ2) is 6.06. The number of ether oxygens (including phenoxy) is 1. The number of benzene rings is 1. The average molecular weight is 260 g/mol. The van der Waals surface area contributed by atoms with Crippen molar-refractivity contribution in [2.24, 2.45) is 0 Å². The number of hydrogen-bond acceptors (Lipinski definition) is 4. The summed E-state index contributed by atoms with van der Waals surface area (Å²) >= 11 is 0. The predicted octanol–water partition coefficient (Wildman–Crippen LogP) is 2.45. The first-order valence-electron chi connectivity index (χ1n) is 5.67. The highest BCUT2D eigenvalue weighted by Crippen LogP contribution is 2.18. The Balaban J connectivity index is 2.27. The van der Waals surface area contributed by atoms with E-state index in [1.165, 1.54) is 13.2 Å². The molecule has 4 nitrogen and oxygen atoms in total. The summed E-state index contributed by atoms with van der Waals surface area (Å²) in [6.45, 7) is -0.596. The zero-order chi connectivity index (χ0) is 13.7. The zero-order valence-electron chi connectivity index (χ0n) is 10.4. The molecule has 1 aromatic heterocycles. The largest absolute Gasteiger partial charge is 0.481 e. The molecule has 1 heterocycles. The second-order valence-corrected chi connectivity index (χ2v) is 3.79. The van der Waals surface area contributed by atoms with Gasteiger partial charge in [-0.1, -0.05) is 24.3 Å². The Bertz CT molecular complexity index is 582. The fraction of sp³-hybridized carbons (Fsp3) is 0.143. The lowest BCUT2D eigenvalue weighted by Gasteiger charge is -2.03. The molecule has 2 rings (SSSR count). The number of nitrogens with zero attached hydrogens (tertiary/aromatic N) is 2. The van der Waals surface area contributed by atoms with Crippen LogP contribution < -0.4 is 4.74 Å². The molecule has 2 aromatic rings. The average Bonchev–Trinajstić information content (AvgIpc) is 2.48. The maximum absolute atomic E-state index is 12.9. The van der Waals surface area contributed by atoms with Crippen molar-refractivity contribution in [3.63, 3.8) is 0 Å². The second-order valence-electron chi connectivity index (χ2n) is 3.79. The molecule has 0 aliphatic rings. The number of rotatable bonds is 4. The van der Waals surface area contributed by atoms with Crippen LogP contribution in [0.5, 0.6) is 5.88 Å². The molecule has 19 heavy (non-hydrogen) atoms. The lowest BCUT2D eigenvalue weighted by Crippen LogP contribution is -1.92. The highest BCUT2D eigenvalue weighted by Gasteiger charge is 2.03. The Hall–Kier alpha value is -2.27. The van der Waals surface area contributed by atoms with Crippen molar-refractivity contribution in [3.05, 3.63) is 47.9 Å². The zero-order valence-corrected chi connectivity index (χ0v) is 10.4. The summed E-state index contributed by atoms with van der Waals surface area (Å²) < 4.78 is 17.9. The fourth-order valence-corrected chi connectivity index (χ4v) is 1.55. The van der Waals surface area contributed by atoms with E-state index in [4.69, 9.17) is 9.84 Å². The van der Waals surface area contributed by atoms with Crippen LogP contribution in [0.1, 0.15) is 5.56 Å². The first kappa shape index (κ1) is 13.2. The Kier molecular flexibility index (Phi) is 4.20. The molecule has 0 fully saturated rings. The van der Waals surface area contributed by atoms with Gasteiger partial charge in [-0.3, -0.25) is 0 Å². The molecule has 0 radical (unpaired) electrons. The molecule has 0 amide bonds. The number of methoxy groups -OCH3 is 1. The van der Waals surface area contributed by atoms with Crippen molar-refractivity contribution in [1.29, 1.82) is 0 Å². The first-order valence-corrected chi connectivity index (χ1v) is 5.67. The highest BCUT2D eigenvalue weighted by molar-refractivity contribution is 5.60. The van der Waals surface area contributed by atoms with Crippen LogP contribution in [-0.4, -0.2) is 28.8 Å². The van der Waals surface area contributed by atoms with E-state index in [0.29, 0.717) is 17.3 Å². The third kappa shape index (κ3) is 3.35. The Morgan fingerprint density at radius 1 is 1.32 bits per heavy atom. The molecule has 0 unspecified atom stereocenters. The van der Waals surface area contributed by atoms with Gasteiger partial charge in [0.1, 0.15) is 5.83 Å². The Labute approximate surface area is 110 Å². The van der Waals surface area contributed by atoms with Crippen LogP contribution in [0, 0.1) is 0 Å². The van der Waals surface area contributed by atoms with Gasteiger partial charge in [0.05, 0.1) is 13.7 Å². The third-order valence-electron chi connectivity index (χ3n) is 2.48. The molecule has 1 N–H and O–H groups in total. The molecule has 0 aliphatic carbocycles. The summed E-state index contributed by atoms with van der Waals surface area (Å²) in [4.78, 5) is 8.35. The number of aliphatic hydroxyl groups is 1. The normalized spacial score (nSPS) is 11.4. The molecule has 5 heteroatoms. The van der Waals surface area contributed by atoms with E-state index in [1.807, 2.05) is 0 Å². The summed E-state index contributed by atoms with van der Waals surface area (Å²) in [6.07, 6.45) is 2.89. The first-order chi connectivity index (χ1) is 9.22. The van der Waals surface area contributed by atoms with Crippen molar-refractivity contribution in [3.8, 4) is 17.3 Å². The van der Waals surface area contributed by atoms with Crippen LogP contribution in [0.15, 0.2) is 42.4 Å². The molecule has 0 aliphatic heterocycles. The monoisotopic (exact) mass is 260 g/mol. The van der Waals surface area contributed by atoms with E-state index in [0.717, 1.165) is 5.56 Å². The molecule has 0 saturated carbocycles. The van der Waals surface area contributed by atoms with Gasteiger partial charge in [0.15, 0.2) is 5.82 Å². The van der Waals surface area contributed by atoms with Gasteiger partial charge in [0.2, 0.25) is 5.88 Å². The minimum absolute atomic E-state index is 0.486. The molecule has 0 spiro atoms. The standard InChI is InChI=1S/C14H13FN2O2/c1-19-13-6-7-16-14(17-13)11-4-2-10(3-5-11)8-12(15)9-18/h2-8,18H,9H2,1H3/b12-8+. The molecular weight excluding hydrogens is 247 g/mol.